The first-order valence-electron chi connectivity index (χ1n) is 5.64. The normalized spacial score (nSPS) is 10.0. The van der Waals surface area contributed by atoms with Gasteiger partial charge in [-0.2, -0.15) is 0 Å². The molecule has 0 aliphatic rings. The number of hydrogen-bond donors (Lipinski definition) is 4. The van der Waals surface area contributed by atoms with Crippen molar-refractivity contribution in [2.24, 2.45) is 0 Å². The van der Waals surface area contributed by atoms with E-state index < -0.39 is 11.9 Å². The van der Waals surface area contributed by atoms with Crippen LogP contribution in [-0.4, -0.2) is 27.2 Å². The minimum atomic E-state index is -1.06. The number of carboxylic acids is 1. The first-order valence-corrected chi connectivity index (χ1v) is 5.64. The summed E-state index contributed by atoms with van der Waals surface area (Å²) in [5.74, 6) is -2.11. The second-order valence-electron chi connectivity index (χ2n) is 4.04. The number of hydrogen-bond acceptors (Lipinski definition) is 4. The van der Waals surface area contributed by atoms with E-state index in [4.69, 9.17) is 10.2 Å². The van der Waals surface area contributed by atoms with Gasteiger partial charge in [0.15, 0.2) is 0 Å². The zero-order chi connectivity index (χ0) is 14.7. The Kier molecular flexibility index (Phi) is 3.56. The van der Waals surface area contributed by atoms with Crippen LogP contribution in [0, 0.1) is 0 Å². The highest BCUT2D eigenvalue weighted by Gasteiger charge is 2.12. The van der Waals surface area contributed by atoms with Crippen LogP contribution in [0.2, 0.25) is 0 Å². The molecule has 0 unspecified atom stereocenters. The third-order valence-electron chi connectivity index (χ3n) is 2.62. The van der Waals surface area contributed by atoms with Crippen molar-refractivity contribution in [2.45, 2.75) is 0 Å². The second-order valence-corrected chi connectivity index (χ2v) is 4.04. The van der Waals surface area contributed by atoms with Gasteiger partial charge in [-0.15, -0.1) is 0 Å². The van der Waals surface area contributed by atoms with Crippen LogP contribution < -0.4 is 5.32 Å². The lowest BCUT2D eigenvalue weighted by molar-refractivity contribution is 0.0696. The minimum absolute atomic E-state index is 0.00473. The molecule has 1 amide bonds. The predicted molar refractivity (Wildman–Crippen MR) is 71.1 cm³/mol. The molecule has 2 aromatic rings. The third kappa shape index (κ3) is 2.86. The van der Waals surface area contributed by atoms with E-state index in [-0.39, 0.29) is 22.6 Å². The standard InChI is InChI=1S/C14H11NO5/c16-10-5-6-11(12(17)7-10)13(18)15-9-3-1-8(2-4-9)14(19)20/h1-7,16-17H,(H,15,18)(H,19,20). The summed E-state index contributed by atoms with van der Waals surface area (Å²) in [7, 11) is 0. The molecule has 6 heteroatoms. The van der Waals surface area contributed by atoms with E-state index in [1.54, 1.807) is 0 Å². The van der Waals surface area contributed by atoms with Gasteiger partial charge in [-0.25, -0.2) is 4.79 Å². The highest BCUT2D eigenvalue weighted by Crippen LogP contribution is 2.23. The Hall–Kier alpha value is -3.02. The van der Waals surface area contributed by atoms with Crippen LogP contribution in [0.4, 0.5) is 5.69 Å². The van der Waals surface area contributed by atoms with E-state index in [1.807, 2.05) is 0 Å². The molecule has 0 radical (unpaired) electrons. The van der Waals surface area contributed by atoms with E-state index in [1.165, 1.54) is 36.4 Å². The summed E-state index contributed by atoms with van der Waals surface area (Å²) < 4.78 is 0. The van der Waals surface area contributed by atoms with Crippen molar-refractivity contribution in [1.29, 1.82) is 0 Å². The largest absolute Gasteiger partial charge is 0.508 e. The summed E-state index contributed by atoms with van der Waals surface area (Å²) in [6.45, 7) is 0. The van der Waals surface area contributed by atoms with Gasteiger partial charge in [0.05, 0.1) is 11.1 Å². The molecule has 20 heavy (non-hydrogen) atoms. The summed E-state index contributed by atoms with van der Waals surface area (Å²) >= 11 is 0. The quantitative estimate of drug-likeness (QED) is 0.684. The number of aromatic carboxylic acids is 1. The molecular formula is C14H11NO5. The highest BCUT2D eigenvalue weighted by atomic mass is 16.4. The van der Waals surface area contributed by atoms with E-state index in [9.17, 15) is 14.7 Å². The van der Waals surface area contributed by atoms with Crippen LogP contribution in [0.15, 0.2) is 42.5 Å². The highest BCUT2D eigenvalue weighted by molar-refractivity contribution is 6.06. The number of aromatic hydroxyl groups is 2. The molecule has 0 aliphatic heterocycles. The van der Waals surface area contributed by atoms with Crippen LogP contribution in [0.25, 0.3) is 0 Å². The molecule has 0 heterocycles. The van der Waals surface area contributed by atoms with Gasteiger partial charge in [-0.1, -0.05) is 0 Å². The van der Waals surface area contributed by atoms with E-state index in [0.717, 1.165) is 6.07 Å². The molecule has 0 saturated heterocycles. The van der Waals surface area contributed by atoms with Gasteiger partial charge in [0, 0.05) is 11.8 Å². The molecule has 0 spiro atoms. The number of phenolic OH excluding ortho intramolecular Hbond substituents is 2. The lowest BCUT2D eigenvalue weighted by Gasteiger charge is -2.07. The molecule has 2 aromatic carbocycles. The van der Waals surface area contributed by atoms with Crippen LogP contribution in [0.5, 0.6) is 11.5 Å². The molecule has 6 nitrogen and oxygen atoms in total. The maximum absolute atomic E-state index is 11.9. The maximum atomic E-state index is 11.9. The fourth-order valence-corrected chi connectivity index (χ4v) is 1.61. The van der Waals surface area contributed by atoms with Crippen LogP contribution in [-0.2, 0) is 0 Å². The Labute approximate surface area is 113 Å². The van der Waals surface area contributed by atoms with Crippen molar-refractivity contribution in [1.82, 2.24) is 0 Å². The van der Waals surface area contributed by atoms with Crippen LogP contribution in [0.3, 0.4) is 0 Å². The molecule has 0 bridgehead atoms. The Balaban J connectivity index is 2.17. The average molecular weight is 273 g/mol. The Morgan fingerprint density at radius 1 is 0.950 bits per heavy atom. The van der Waals surface area contributed by atoms with Crippen LogP contribution in [0.1, 0.15) is 20.7 Å². The monoisotopic (exact) mass is 273 g/mol. The molecule has 0 aromatic heterocycles. The SMILES string of the molecule is O=C(O)c1ccc(NC(=O)c2ccc(O)cc2O)cc1. The van der Waals surface area contributed by atoms with Crippen molar-refractivity contribution in [3.05, 3.63) is 53.6 Å². The topological polar surface area (TPSA) is 107 Å². The average Bonchev–Trinajstić information content (AvgIpc) is 2.39. The van der Waals surface area contributed by atoms with Gasteiger partial charge >= 0.3 is 5.97 Å². The smallest absolute Gasteiger partial charge is 0.335 e. The number of carbonyl (C=O) groups excluding carboxylic acids is 1. The molecule has 0 atom stereocenters. The number of anilines is 1. The maximum Gasteiger partial charge on any atom is 0.335 e. The number of benzene rings is 2. The summed E-state index contributed by atoms with van der Waals surface area (Å²) in [6.07, 6.45) is 0. The van der Waals surface area contributed by atoms with Gasteiger partial charge in [-0.05, 0) is 36.4 Å². The van der Waals surface area contributed by atoms with Gasteiger partial charge in [-0.3, -0.25) is 4.79 Å². The van der Waals surface area contributed by atoms with Gasteiger partial charge in [0.2, 0.25) is 0 Å². The fraction of sp³-hybridized carbons (Fsp3) is 0. The Morgan fingerprint density at radius 3 is 2.15 bits per heavy atom. The first kappa shape index (κ1) is 13.4. The number of rotatable bonds is 3. The lowest BCUT2D eigenvalue weighted by atomic mass is 10.1. The number of phenols is 2. The zero-order valence-electron chi connectivity index (χ0n) is 10.2. The lowest BCUT2D eigenvalue weighted by Crippen LogP contribution is -2.12. The number of carboxylic acid groups (broad SMARTS) is 1. The Morgan fingerprint density at radius 2 is 1.60 bits per heavy atom. The van der Waals surface area contributed by atoms with Gasteiger partial charge < -0.3 is 20.6 Å². The van der Waals surface area contributed by atoms with Crippen LogP contribution >= 0.6 is 0 Å². The van der Waals surface area contributed by atoms with E-state index in [0.29, 0.717) is 5.69 Å². The molecular weight excluding hydrogens is 262 g/mol. The molecule has 4 N–H and O–H groups in total. The summed E-state index contributed by atoms with van der Waals surface area (Å²) in [5.41, 5.74) is 0.507. The molecule has 0 fully saturated rings. The van der Waals surface area contributed by atoms with Crippen molar-refractivity contribution in [2.75, 3.05) is 5.32 Å². The van der Waals surface area contributed by atoms with Crippen molar-refractivity contribution in [3.63, 3.8) is 0 Å². The summed E-state index contributed by atoms with van der Waals surface area (Å²) in [5, 5.41) is 30.0. The molecule has 0 saturated carbocycles. The zero-order valence-corrected chi connectivity index (χ0v) is 10.2. The van der Waals surface area contributed by atoms with E-state index in [2.05, 4.69) is 5.32 Å². The van der Waals surface area contributed by atoms with Crippen molar-refractivity contribution in [3.8, 4) is 11.5 Å². The fourth-order valence-electron chi connectivity index (χ4n) is 1.61. The van der Waals surface area contributed by atoms with Crippen molar-refractivity contribution >= 4 is 17.6 Å². The summed E-state index contributed by atoms with van der Waals surface area (Å²) in [4.78, 5) is 22.6. The number of nitrogens with one attached hydrogen (secondary N) is 1. The second kappa shape index (κ2) is 5.31. The molecule has 102 valence electrons. The Bertz CT molecular complexity index is 664. The summed E-state index contributed by atoms with van der Waals surface area (Å²) in [6, 6.07) is 9.22. The number of amides is 1. The number of carbonyl (C=O) groups is 2. The molecule has 2 rings (SSSR count). The van der Waals surface area contributed by atoms with E-state index >= 15 is 0 Å². The van der Waals surface area contributed by atoms with Gasteiger partial charge in [0.25, 0.3) is 5.91 Å². The molecule has 0 aliphatic carbocycles. The minimum Gasteiger partial charge on any atom is -0.508 e. The van der Waals surface area contributed by atoms with Crippen molar-refractivity contribution < 1.29 is 24.9 Å². The van der Waals surface area contributed by atoms with Gasteiger partial charge in [0.1, 0.15) is 11.5 Å². The first-order chi connectivity index (χ1) is 9.47. The third-order valence-corrected chi connectivity index (χ3v) is 2.62. The predicted octanol–water partition coefficient (Wildman–Crippen LogP) is 2.05.